The van der Waals surface area contributed by atoms with Crippen LogP contribution in [0.3, 0.4) is 0 Å². The van der Waals surface area contributed by atoms with Gasteiger partial charge in [-0.2, -0.15) is 0 Å². The van der Waals surface area contributed by atoms with E-state index < -0.39 is 0 Å². The number of fused-ring (bicyclic) bond motifs is 1. The van der Waals surface area contributed by atoms with Gasteiger partial charge >= 0.3 is 0 Å². The first-order valence-corrected chi connectivity index (χ1v) is 10.4. The Labute approximate surface area is 162 Å². The van der Waals surface area contributed by atoms with Gasteiger partial charge in [0, 0.05) is 44.4 Å². The maximum Gasteiger partial charge on any atom is 0.257 e. The van der Waals surface area contributed by atoms with E-state index in [1.807, 2.05) is 6.07 Å². The van der Waals surface area contributed by atoms with Gasteiger partial charge < -0.3 is 15.0 Å². The van der Waals surface area contributed by atoms with Gasteiger partial charge in [0.15, 0.2) is 10.9 Å². The number of nitrogens with zero attached hydrogens (tertiary/aromatic N) is 4. The molecule has 6 nitrogen and oxygen atoms in total. The first kappa shape index (κ1) is 16.7. The Bertz CT molecular complexity index is 906. The van der Waals surface area contributed by atoms with Gasteiger partial charge in [-0.05, 0) is 24.5 Å². The van der Waals surface area contributed by atoms with Crippen molar-refractivity contribution in [1.82, 2.24) is 15.0 Å². The lowest BCUT2D eigenvalue weighted by Crippen LogP contribution is -2.43. The molecule has 2 fully saturated rings. The van der Waals surface area contributed by atoms with Gasteiger partial charge in [-0.25, -0.2) is 15.0 Å². The summed E-state index contributed by atoms with van der Waals surface area (Å²) in [6.07, 6.45) is 6.78. The van der Waals surface area contributed by atoms with E-state index in [9.17, 15) is 0 Å². The van der Waals surface area contributed by atoms with Gasteiger partial charge in [0.1, 0.15) is 6.10 Å². The number of thiazole rings is 1. The third-order valence-electron chi connectivity index (χ3n) is 5.36. The Morgan fingerprint density at radius 2 is 2.04 bits per heavy atom. The van der Waals surface area contributed by atoms with Crippen LogP contribution in [0.5, 0.6) is 5.88 Å². The van der Waals surface area contributed by atoms with Crippen molar-refractivity contribution in [2.24, 2.45) is 5.92 Å². The third-order valence-corrected chi connectivity index (χ3v) is 6.33. The smallest absolute Gasteiger partial charge is 0.257 e. The maximum atomic E-state index is 6.18. The standard InChI is InChI=1S/C20H23N5OS/c1-13-6-9-25(12-13)18-19(22-8-7-21-18)26-15-10-14(11-15)23-20-24-16-4-2-3-5-17(16)27-20/h2-5,7-8,13-15H,6,9-12H2,1H3,(H,23,24)/t13-,14?,15?/m1/s1. The van der Waals surface area contributed by atoms with Crippen LogP contribution in [0.4, 0.5) is 10.9 Å². The molecule has 0 bridgehead atoms. The summed E-state index contributed by atoms with van der Waals surface area (Å²) in [6.45, 7) is 4.34. The van der Waals surface area contributed by atoms with Crippen LogP contribution in [0.2, 0.25) is 0 Å². The van der Waals surface area contributed by atoms with Gasteiger partial charge in [-0.1, -0.05) is 30.4 Å². The van der Waals surface area contributed by atoms with Crippen molar-refractivity contribution in [3.63, 3.8) is 0 Å². The second-order valence-corrected chi connectivity index (χ2v) is 8.59. The minimum Gasteiger partial charge on any atom is -0.472 e. The molecule has 1 atom stereocenters. The molecule has 140 valence electrons. The maximum absolute atomic E-state index is 6.18. The number of aromatic nitrogens is 3. The molecule has 0 amide bonds. The minimum absolute atomic E-state index is 0.187. The van der Waals surface area contributed by atoms with Gasteiger partial charge in [-0.15, -0.1) is 0 Å². The van der Waals surface area contributed by atoms with E-state index in [2.05, 4.69) is 50.3 Å². The summed E-state index contributed by atoms with van der Waals surface area (Å²) in [5.74, 6) is 2.27. The van der Waals surface area contributed by atoms with Crippen LogP contribution in [-0.4, -0.2) is 40.2 Å². The van der Waals surface area contributed by atoms with Gasteiger partial charge in [0.05, 0.1) is 10.2 Å². The highest BCUT2D eigenvalue weighted by molar-refractivity contribution is 7.22. The molecule has 3 heterocycles. The summed E-state index contributed by atoms with van der Waals surface area (Å²) < 4.78 is 7.40. The van der Waals surface area contributed by atoms with Crippen LogP contribution in [0.1, 0.15) is 26.2 Å². The number of rotatable bonds is 5. The van der Waals surface area contributed by atoms with E-state index in [4.69, 9.17) is 4.74 Å². The molecule has 1 aromatic carbocycles. The molecule has 7 heteroatoms. The van der Waals surface area contributed by atoms with Crippen molar-refractivity contribution in [1.29, 1.82) is 0 Å². The van der Waals surface area contributed by atoms with Crippen molar-refractivity contribution in [3.05, 3.63) is 36.7 Å². The number of hydrogen-bond acceptors (Lipinski definition) is 7. The molecule has 3 aromatic rings. The first-order chi connectivity index (χ1) is 13.2. The molecule has 1 saturated heterocycles. The summed E-state index contributed by atoms with van der Waals surface area (Å²) in [7, 11) is 0. The number of benzene rings is 1. The van der Waals surface area contributed by atoms with Crippen LogP contribution in [0, 0.1) is 5.92 Å². The number of para-hydroxylation sites is 1. The molecule has 0 spiro atoms. The van der Waals surface area contributed by atoms with E-state index in [-0.39, 0.29) is 6.10 Å². The zero-order chi connectivity index (χ0) is 18.2. The lowest BCUT2D eigenvalue weighted by atomic mass is 9.89. The molecule has 2 aromatic heterocycles. The highest BCUT2D eigenvalue weighted by Gasteiger charge is 2.33. The molecular formula is C20H23N5OS. The van der Waals surface area contributed by atoms with E-state index >= 15 is 0 Å². The molecule has 1 N–H and O–H groups in total. The van der Waals surface area contributed by atoms with Gasteiger partial charge in [0.25, 0.3) is 5.88 Å². The number of nitrogens with one attached hydrogen (secondary N) is 1. The molecule has 27 heavy (non-hydrogen) atoms. The van der Waals surface area contributed by atoms with Crippen molar-refractivity contribution >= 4 is 32.5 Å². The Hall–Kier alpha value is -2.41. The lowest BCUT2D eigenvalue weighted by molar-refractivity contribution is 0.103. The van der Waals surface area contributed by atoms with E-state index in [0.717, 1.165) is 42.4 Å². The lowest BCUT2D eigenvalue weighted by Gasteiger charge is -2.35. The van der Waals surface area contributed by atoms with Crippen LogP contribution in [0.15, 0.2) is 36.7 Å². The van der Waals surface area contributed by atoms with Crippen LogP contribution < -0.4 is 15.0 Å². The average Bonchev–Trinajstić information content (AvgIpc) is 3.26. The van der Waals surface area contributed by atoms with Crippen molar-refractivity contribution in [3.8, 4) is 5.88 Å². The minimum atomic E-state index is 0.187. The molecule has 5 rings (SSSR count). The fourth-order valence-corrected chi connectivity index (χ4v) is 4.73. The largest absolute Gasteiger partial charge is 0.472 e. The highest BCUT2D eigenvalue weighted by Crippen LogP contribution is 2.34. The molecule has 0 unspecified atom stereocenters. The SMILES string of the molecule is C[C@@H]1CCN(c2nccnc2OC2CC(Nc3nc4ccccc4s3)C2)C1. The Kier molecular flexibility index (Phi) is 4.32. The van der Waals surface area contributed by atoms with Crippen molar-refractivity contribution in [2.45, 2.75) is 38.3 Å². The van der Waals surface area contributed by atoms with Crippen LogP contribution in [0.25, 0.3) is 10.2 Å². The predicted molar refractivity (Wildman–Crippen MR) is 109 cm³/mol. The average molecular weight is 382 g/mol. The molecule has 1 aliphatic heterocycles. The monoisotopic (exact) mass is 381 g/mol. The molecule has 2 aliphatic rings. The van der Waals surface area contributed by atoms with Gasteiger partial charge in [-0.3, -0.25) is 0 Å². The fraction of sp³-hybridized carbons (Fsp3) is 0.450. The first-order valence-electron chi connectivity index (χ1n) is 9.59. The normalized spacial score (nSPS) is 24.8. The number of anilines is 2. The van der Waals surface area contributed by atoms with Crippen LogP contribution in [-0.2, 0) is 0 Å². The Morgan fingerprint density at radius 3 is 2.85 bits per heavy atom. The molecule has 1 aliphatic carbocycles. The quantitative estimate of drug-likeness (QED) is 0.722. The van der Waals surface area contributed by atoms with E-state index in [1.165, 1.54) is 11.1 Å². The molecular weight excluding hydrogens is 358 g/mol. The second-order valence-electron chi connectivity index (χ2n) is 7.56. The van der Waals surface area contributed by atoms with Crippen molar-refractivity contribution in [2.75, 3.05) is 23.3 Å². The zero-order valence-electron chi connectivity index (χ0n) is 15.3. The zero-order valence-corrected chi connectivity index (χ0v) is 16.2. The highest BCUT2D eigenvalue weighted by atomic mass is 32.1. The predicted octanol–water partition coefficient (Wildman–Crippen LogP) is 3.95. The Balaban J connectivity index is 1.19. The fourth-order valence-electron chi connectivity index (χ4n) is 3.79. The van der Waals surface area contributed by atoms with Crippen LogP contribution >= 0.6 is 11.3 Å². The summed E-state index contributed by atoms with van der Waals surface area (Å²) in [5.41, 5.74) is 1.06. The van der Waals surface area contributed by atoms with E-state index in [1.54, 1.807) is 23.7 Å². The Morgan fingerprint density at radius 1 is 1.19 bits per heavy atom. The summed E-state index contributed by atoms with van der Waals surface area (Å²) in [5, 5.41) is 4.53. The van der Waals surface area contributed by atoms with E-state index in [0.29, 0.717) is 17.8 Å². The summed E-state index contributed by atoms with van der Waals surface area (Å²) in [6, 6.07) is 8.65. The third kappa shape index (κ3) is 3.43. The van der Waals surface area contributed by atoms with Crippen molar-refractivity contribution < 1.29 is 4.74 Å². The number of ether oxygens (including phenoxy) is 1. The second kappa shape index (κ2) is 6.96. The van der Waals surface area contributed by atoms with Gasteiger partial charge in [0.2, 0.25) is 0 Å². The summed E-state index contributed by atoms with van der Waals surface area (Å²) >= 11 is 1.71. The topological polar surface area (TPSA) is 63.2 Å². The molecule has 1 saturated carbocycles. The number of hydrogen-bond donors (Lipinski definition) is 1. The summed E-state index contributed by atoms with van der Waals surface area (Å²) in [4.78, 5) is 15.9. The molecule has 0 radical (unpaired) electrons.